The summed E-state index contributed by atoms with van der Waals surface area (Å²) in [6.45, 7) is 13.3. The topological polar surface area (TPSA) is 18.5 Å². The van der Waals surface area contributed by atoms with E-state index in [4.69, 9.17) is 0 Å². The van der Waals surface area contributed by atoms with Gasteiger partial charge in [-0.2, -0.15) is 0 Å². The van der Waals surface area contributed by atoms with Crippen LogP contribution in [0.3, 0.4) is 0 Å². The molecule has 0 radical (unpaired) electrons. The van der Waals surface area contributed by atoms with E-state index in [0.29, 0.717) is 0 Å². The van der Waals surface area contributed by atoms with E-state index in [1.165, 1.54) is 64.8 Å². The first-order valence-electron chi connectivity index (χ1n) is 9.31. The van der Waals surface area contributed by atoms with Gasteiger partial charge >= 0.3 is 0 Å². The second-order valence-corrected chi connectivity index (χ2v) is 7.36. The van der Waals surface area contributed by atoms with Crippen LogP contribution < -0.4 is 5.32 Å². The van der Waals surface area contributed by atoms with Crippen LogP contribution in [-0.2, 0) is 0 Å². The first kappa shape index (κ1) is 17.2. The lowest BCUT2D eigenvalue weighted by Crippen LogP contribution is -2.54. The summed E-state index contributed by atoms with van der Waals surface area (Å²) in [4.78, 5) is 5.35. The van der Waals surface area contributed by atoms with Gasteiger partial charge in [-0.05, 0) is 51.6 Å². The van der Waals surface area contributed by atoms with Crippen molar-refractivity contribution in [2.45, 2.75) is 65.0 Å². The molecular formula is C18H37N3. The number of nitrogens with one attached hydrogen (secondary N) is 1. The van der Waals surface area contributed by atoms with Gasteiger partial charge < -0.3 is 10.2 Å². The van der Waals surface area contributed by atoms with Crippen molar-refractivity contribution in [1.82, 2.24) is 15.1 Å². The Hall–Kier alpha value is -0.120. The molecule has 1 aliphatic heterocycles. The molecule has 0 spiro atoms. The second-order valence-electron chi connectivity index (χ2n) is 7.36. The number of rotatable bonds is 6. The van der Waals surface area contributed by atoms with Crippen molar-refractivity contribution < 1.29 is 0 Å². The van der Waals surface area contributed by atoms with Gasteiger partial charge in [0.2, 0.25) is 0 Å². The van der Waals surface area contributed by atoms with Crippen LogP contribution in [0, 0.1) is 11.8 Å². The smallest absolute Gasteiger partial charge is 0.0195 e. The van der Waals surface area contributed by atoms with E-state index >= 15 is 0 Å². The summed E-state index contributed by atoms with van der Waals surface area (Å²) in [7, 11) is 2.16. The molecule has 2 rings (SSSR count). The highest BCUT2D eigenvalue weighted by atomic mass is 15.3. The number of nitrogens with zero attached hydrogens (tertiary/aromatic N) is 2. The number of hydrogen-bond donors (Lipinski definition) is 1. The molecule has 4 unspecified atom stereocenters. The molecule has 21 heavy (non-hydrogen) atoms. The maximum atomic E-state index is 3.60. The molecule has 2 aliphatic rings. The quantitative estimate of drug-likeness (QED) is 0.813. The van der Waals surface area contributed by atoms with Crippen LogP contribution >= 0.6 is 0 Å². The van der Waals surface area contributed by atoms with Crippen LogP contribution in [0.1, 0.15) is 52.9 Å². The fourth-order valence-electron chi connectivity index (χ4n) is 4.65. The SMILES string of the molecule is CCCC1CCC(NC)C(CN2CCN(CC)C(C)C2)C1. The van der Waals surface area contributed by atoms with E-state index in [1.807, 2.05) is 0 Å². The third-order valence-corrected chi connectivity index (χ3v) is 5.91. The minimum Gasteiger partial charge on any atom is -0.317 e. The first-order valence-corrected chi connectivity index (χ1v) is 9.31. The molecule has 0 bridgehead atoms. The van der Waals surface area contributed by atoms with Crippen LogP contribution in [-0.4, -0.2) is 61.7 Å². The molecule has 124 valence electrons. The third kappa shape index (κ3) is 4.67. The van der Waals surface area contributed by atoms with E-state index in [0.717, 1.165) is 23.9 Å². The number of likely N-dealkylation sites (N-methyl/N-ethyl adjacent to an activating group) is 1. The van der Waals surface area contributed by atoms with E-state index in [9.17, 15) is 0 Å². The lowest BCUT2D eigenvalue weighted by Gasteiger charge is -2.43. The highest BCUT2D eigenvalue weighted by Crippen LogP contribution is 2.33. The molecule has 1 heterocycles. The highest BCUT2D eigenvalue weighted by molar-refractivity contribution is 4.88. The van der Waals surface area contributed by atoms with Gasteiger partial charge in [0, 0.05) is 38.3 Å². The molecule has 0 aromatic carbocycles. The Balaban J connectivity index is 1.86. The third-order valence-electron chi connectivity index (χ3n) is 5.91. The summed E-state index contributed by atoms with van der Waals surface area (Å²) in [6.07, 6.45) is 7.06. The van der Waals surface area contributed by atoms with Crippen molar-refractivity contribution in [2.75, 3.05) is 39.8 Å². The van der Waals surface area contributed by atoms with E-state index in [-0.39, 0.29) is 0 Å². The van der Waals surface area contributed by atoms with Crippen molar-refractivity contribution in [3.63, 3.8) is 0 Å². The van der Waals surface area contributed by atoms with Gasteiger partial charge in [0.25, 0.3) is 0 Å². The predicted molar refractivity (Wildman–Crippen MR) is 91.7 cm³/mol. The monoisotopic (exact) mass is 295 g/mol. The lowest BCUT2D eigenvalue weighted by molar-refractivity contribution is 0.0596. The average Bonchev–Trinajstić information content (AvgIpc) is 2.48. The van der Waals surface area contributed by atoms with Crippen LogP contribution in [0.25, 0.3) is 0 Å². The summed E-state index contributed by atoms with van der Waals surface area (Å²) in [5, 5.41) is 3.60. The Bertz CT molecular complexity index is 294. The van der Waals surface area contributed by atoms with Gasteiger partial charge in [0.1, 0.15) is 0 Å². The molecule has 0 aromatic rings. The average molecular weight is 296 g/mol. The Morgan fingerprint density at radius 1 is 1.14 bits per heavy atom. The zero-order chi connectivity index (χ0) is 15.2. The van der Waals surface area contributed by atoms with E-state index in [2.05, 4.69) is 42.9 Å². The van der Waals surface area contributed by atoms with Crippen LogP contribution in [0.15, 0.2) is 0 Å². The minimum absolute atomic E-state index is 0.729. The zero-order valence-electron chi connectivity index (χ0n) is 14.8. The van der Waals surface area contributed by atoms with Crippen LogP contribution in [0.2, 0.25) is 0 Å². The summed E-state index contributed by atoms with van der Waals surface area (Å²) < 4.78 is 0. The summed E-state index contributed by atoms with van der Waals surface area (Å²) in [6, 6.07) is 1.48. The van der Waals surface area contributed by atoms with Crippen molar-refractivity contribution >= 4 is 0 Å². The van der Waals surface area contributed by atoms with Crippen molar-refractivity contribution in [3.05, 3.63) is 0 Å². The molecule has 1 saturated carbocycles. The molecule has 3 nitrogen and oxygen atoms in total. The summed E-state index contributed by atoms with van der Waals surface area (Å²) >= 11 is 0. The van der Waals surface area contributed by atoms with Gasteiger partial charge in [0.15, 0.2) is 0 Å². The van der Waals surface area contributed by atoms with Crippen LogP contribution in [0.4, 0.5) is 0 Å². The molecule has 3 heteroatoms. The minimum atomic E-state index is 0.729. The standard InChI is InChI=1S/C18H37N3/c1-5-7-16-8-9-18(19-4)17(12-16)14-20-10-11-21(6-2)15(3)13-20/h15-19H,5-14H2,1-4H3. The highest BCUT2D eigenvalue weighted by Gasteiger charge is 2.32. The molecular weight excluding hydrogens is 258 g/mol. The molecule has 1 saturated heterocycles. The maximum absolute atomic E-state index is 3.60. The second kappa shape index (κ2) is 8.50. The largest absolute Gasteiger partial charge is 0.317 e. The summed E-state index contributed by atoms with van der Waals surface area (Å²) in [5.41, 5.74) is 0. The summed E-state index contributed by atoms with van der Waals surface area (Å²) in [5.74, 6) is 1.85. The van der Waals surface area contributed by atoms with Crippen molar-refractivity contribution in [2.24, 2.45) is 11.8 Å². The zero-order valence-corrected chi connectivity index (χ0v) is 14.8. The van der Waals surface area contributed by atoms with Gasteiger partial charge in [0.05, 0.1) is 0 Å². The predicted octanol–water partition coefficient (Wildman–Crippen LogP) is 2.82. The Morgan fingerprint density at radius 2 is 1.95 bits per heavy atom. The van der Waals surface area contributed by atoms with Gasteiger partial charge in [-0.25, -0.2) is 0 Å². The van der Waals surface area contributed by atoms with Gasteiger partial charge in [-0.15, -0.1) is 0 Å². The Kier molecular flexibility index (Phi) is 6.97. The van der Waals surface area contributed by atoms with Crippen molar-refractivity contribution in [3.8, 4) is 0 Å². The van der Waals surface area contributed by atoms with E-state index in [1.54, 1.807) is 0 Å². The fourth-order valence-corrected chi connectivity index (χ4v) is 4.65. The Morgan fingerprint density at radius 3 is 2.57 bits per heavy atom. The normalized spacial score (nSPS) is 36.0. The molecule has 1 N–H and O–H groups in total. The van der Waals surface area contributed by atoms with Gasteiger partial charge in [-0.1, -0.05) is 26.7 Å². The first-order chi connectivity index (χ1) is 10.2. The number of piperazine rings is 1. The molecule has 4 atom stereocenters. The maximum Gasteiger partial charge on any atom is 0.0195 e. The molecule has 0 aromatic heterocycles. The fraction of sp³-hybridized carbons (Fsp3) is 1.00. The molecule has 1 aliphatic carbocycles. The lowest BCUT2D eigenvalue weighted by atomic mass is 9.76. The van der Waals surface area contributed by atoms with Crippen LogP contribution in [0.5, 0.6) is 0 Å². The van der Waals surface area contributed by atoms with Gasteiger partial charge in [-0.3, -0.25) is 4.90 Å². The Labute approximate surface area is 132 Å². The molecule has 0 amide bonds. The number of hydrogen-bond acceptors (Lipinski definition) is 3. The van der Waals surface area contributed by atoms with E-state index < -0.39 is 0 Å². The van der Waals surface area contributed by atoms with Crippen molar-refractivity contribution in [1.29, 1.82) is 0 Å². The molecule has 2 fully saturated rings.